The van der Waals surface area contributed by atoms with Gasteiger partial charge >= 0.3 is 0 Å². The summed E-state index contributed by atoms with van der Waals surface area (Å²) in [6, 6.07) is 6.41. The smallest absolute Gasteiger partial charge is 0.211 e. The van der Waals surface area contributed by atoms with E-state index in [9.17, 15) is 16.8 Å². The van der Waals surface area contributed by atoms with Crippen molar-refractivity contribution in [3.05, 3.63) is 51.1 Å². The van der Waals surface area contributed by atoms with E-state index in [1.165, 1.54) is 12.1 Å². The minimum atomic E-state index is -3.64. The third-order valence-corrected chi connectivity index (χ3v) is 12.7. The number of sulfonamides is 2. The number of hydrogen-bond acceptors (Lipinski definition) is 4. The Hall–Kier alpha value is 1.14. The SMILES string of the molecule is O=S(=O)(NCCCCCCNS(=O)(=O)c1cc(Br)c(Br)cc1Br)c1cc(Br)c(Br)cc1Br. The highest BCUT2D eigenvalue weighted by atomic mass is 79.9. The van der Waals surface area contributed by atoms with E-state index in [4.69, 9.17) is 0 Å². The van der Waals surface area contributed by atoms with Gasteiger partial charge in [-0.1, -0.05) is 12.8 Å². The molecule has 0 heterocycles. The van der Waals surface area contributed by atoms with Crippen molar-refractivity contribution in [2.24, 2.45) is 0 Å². The minimum absolute atomic E-state index is 0.160. The van der Waals surface area contributed by atoms with Gasteiger partial charge in [-0.05, 0) is 133 Å². The van der Waals surface area contributed by atoms with Gasteiger partial charge in [0.15, 0.2) is 0 Å². The fraction of sp³-hybridized carbons (Fsp3) is 0.333. The van der Waals surface area contributed by atoms with Gasteiger partial charge in [0, 0.05) is 39.9 Å². The fourth-order valence-corrected chi connectivity index (χ4v) is 9.16. The van der Waals surface area contributed by atoms with Gasteiger partial charge < -0.3 is 0 Å². The third-order valence-electron chi connectivity index (χ3n) is 4.22. The first-order valence-electron chi connectivity index (χ1n) is 9.13. The molecule has 0 saturated heterocycles. The van der Waals surface area contributed by atoms with Crippen LogP contribution >= 0.6 is 95.6 Å². The van der Waals surface area contributed by atoms with Gasteiger partial charge in [-0.2, -0.15) is 0 Å². The molecule has 0 aliphatic rings. The molecule has 14 heteroatoms. The predicted octanol–water partition coefficient (Wildman–Crippen LogP) is 7.08. The quantitative estimate of drug-likeness (QED) is 0.187. The van der Waals surface area contributed by atoms with Crippen molar-refractivity contribution in [2.75, 3.05) is 13.1 Å². The lowest BCUT2D eigenvalue weighted by Gasteiger charge is -2.11. The van der Waals surface area contributed by atoms with Crippen LogP contribution < -0.4 is 9.44 Å². The van der Waals surface area contributed by atoms with E-state index in [1.807, 2.05) is 0 Å². The fourth-order valence-electron chi connectivity index (χ4n) is 2.59. The second-order valence-electron chi connectivity index (χ2n) is 6.60. The molecule has 0 bridgehead atoms. The Bertz CT molecular complexity index is 1100. The number of benzene rings is 2. The molecule has 6 nitrogen and oxygen atoms in total. The second-order valence-corrected chi connectivity index (χ2v) is 15.2. The van der Waals surface area contributed by atoms with Crippen LogP contribution in [0.5, 0.6) is 0 Å². The Morgan fingerprint density at radius 2 is 0.812 bits per heavy atom. The second kappa shape index (κ2) is 12.9. The van der Waals surface area contributed by atoms with Crippen LogP contribution in [0.1, 0.15) is 25.7 Å². The van der Waals surface area contributed by atoms with E-state index in [0.29, 0.717) is 43.8 Å². The molecule has 0 unspecified atom stereocenters. The number of unbranched alkanes of at least 4 members (excludes halogenated alkanes) is 3. The van der Waals surface area contributed by atoms with E-state index in [2.05, 4.69) is 105 Å². The average Bonchev–Trinajstić information content (AvgIpc) is 2.69. The Labute approximate surface area is 239 Å². The molecule has 32 heavy (non-hydrogen) atoms. The van der Waals surface area contributed by atoms with Gasteiger partial charge in [-0.25, -0.2) is 26.3 Å². The molecular weight excluding hydrogens is 852 g/mol. The van der Waals surface area contributed by atoms with Gasteiger partial charge in [0.1, 0.15) is 0 Å². The molecule has 2 aromatic carbocycles. The number of rotatable bonds is 11. The molecule has 0 aliphatic carbocycles. The first-order valence-corrected chi connectivity index (χ1v) is 16.9. The van der Waals surface area contributed by atoms with Crippen molar-refractivity contribution in [3.8, 4) is 0 Å². The number of nitrogens with one attached hydrogen (secondary N) is 2. The van der Waals surface area contributed by atoms with E-state index in [1.54, 1.807) is 12.1 Å². The molecule has 2 aromatic rings. The van der Waals surface area contributed by atoms with E-state index >= 15 is 0 Å². The zero-order chi connectivity index (χ0) is 24.1. The Kier molecular flexibility index (Phi) is 11.8. The number of hydrogen-bond donors (Lipinski definition) is 2. The first kappa shape index (κ1) is 29.4. The van der Waals surface area contributed by atoms with Crippen LogP contribution in [0.2, 0.25) is 0 Å². The maximum Gasteiger partial charge on any atom is 0.241 e. The lowest BCUT2D eigenvalue weighted by Crippen LogP contribution is -2.26. The van der Waals surface area contributed by atoms with Crippen LogP contribution in [0, 0.1) is 0 Å². The molecule has 2 N–H and O–H groups in total. The summed E-state index contributed by atoms with van der Waals surface area (Å²) in [6.45, 7) is 0.599. The van der Waals surface area contributed by atoms with Gasteiger partial charge in [0.25, 0.3) is 0 Å². The summed E-state index contributed by atoms with van der Waals surface area (Å²) in [5.41, 5.74) is 0. The highest BCUT2D eigenvalue weighted by Crippen LogP contribution is 2.33. The largest absolute Gasteiger partial charge is 0.241 e. The normalized spacial score (nSPS) is 12.3. The Morgan fingerprint density at radius 1 is 0.500 bits per heavy atom. The Morgan fingerprint density at radius 3 is 1.16 bits per heavy atom. The molecule has 0 radical (unpaired) electrons. The van der Waals surface area contributed by atoms with Crippen LogP contribution in [-0.2, 0) is 20.0 Å². The number of halogens is 6. The summed E-state index contributed by atoms with van der Waals surface area (Å²) < 4.78 is 58.9. The van der Waals surface area contributed by atoms with E-state index in [-0.39, 0.29) is 9.79 Å². The summed E-state index contributed by atoms with van der Waals surface area (Å²) >= 11 is 19.9. The maximum atomic E-state index is 12.5. The molecule has 0 fully saturated rings. The van der Waals surface area contributed by atoms with Crippen molar-refractivity contribution in [1.82, 2.24) is 9.44 Å². The topological polar surface area (TPSA) is 92.3 Å². The van der Waals surface area contributed by atoms with Crippen LogP contribution in [0.25, 0.3) is 0 Å². The van der Waals surface area contributed by atoms with Crippen LogP contribution in [0.3, 0.4) is 0 Å². The standard InChI is InChI=1S/C18H18Br6N2O4S2/c19-11-7-15(23)17(9-13(11)21)31(27,28)25-5-3-1-2-4-6-26-32(29,30)18-10-14(22)12(20)8-16(18)24/h7-10,25-26H,1-6H2. The lowest BCUT2D eigenvalue weighted by atomic mass is 10.2. The molecule has 2 rings (SSSR count). The molecule has 0 aliphatic heterocycles. The van der Waals surface area contributed by atoms with Crippen molar-refractivity contribution < 1.29 is 16.8 Å². The van der Waals surface area contributed by atoms with Gasteiger partial charge in [-0.15, -0.1) is 0 Å². The summed E-state index contributed by atoms with van der Waals surface area (Å²) in [5, 5.41) is 0. The van der Waals surface area contributed by atoms with Crippen LogP contribution in [0.4, 0.5) is 0 Å². The Balaban J connectivity index is 1.75. The monoisotopic (exact) mass is 864 g/mol. The van der Waals surface area contributed by atoms with Crippen LogP contribution in [-0.4, -0.2) is 29.9 Å². The van der Waals surface area contributed by atoms with Crippen molar-refractivity contribution in [1.29, 1.82) is 0 Å². The highest BCUT2D eigenvalue weighted by molar-refractivity contribution is 9.13. The molecule has 0 saturated carbocycles. The maximum absolute atomic E-state index is 12.5. The summed E-state index contributed by atoms with van der Waals surface area (Å²) in [5.74, 6) is 0. The van der Waals surface area contributed by atoms with E-state index < -0.39 is 20.0 Å². The molecule has 0 amide bonds. The summed E-state index contributed by atoms with van der Waals surface area (Å²) in [4.78, 5) is 0.320. The van der Waals surface area contributed by atoms with E-state index in [0.717, 1.165) is 21.8 Å². The first-order chi connectivity index (χ1) is 14.8. The predicted molar refractivity (Wildman–Crippen MR) is 148 cm³/mol. The molecule has 178 valence electrons. The molecule has 0 atom stereocenters. The summed E-state index contributed by atoms with van der Waals surface area (Å²) in [6.07, 6.45) is 2.82. The van der Waals surface area contributed by atoms with Crippen molar-refractivity contribution in [3.63, 3.8) is 0 Å². The van der Waals surface area contributed by atoms with Crippen LogP contribution in [0.15, 0.2) is 60.9 Å². The van der Waals surface area contributed by atoms with Gasteiger partial charge in [0.05, 0.1) is 9.79 Å². The van der Waals surface area contributed by atoms with Gasteiger partial charge in [-0.3, -0.25) is 0 Å². The van der Waals surface area contributed by atoms with Gasteiger partial charge in [0.2, 0.25) is 20.0 Å². The van der Waals surface area contributed by atoms with Crippen molar-refractivity contribution in [2.45, 2.75) is 35.5 Å². The summed E-state index contributed by atoms with van der Waals surface area (Å²) in [7, 11) is -7.28. The minimum Gasteiger partial charge on any atom is -0.211 e. The highest BCUT2D eigenvalue weighted by Gasteiger charge is 2.20. The molecular formula is C18H18Br6N2O4S2. The molecule has 0 spiro atoms. The third kappa shape index (κ3) is 8.37. The average molecular weight is 870 g/mol. The van der Waals surface area contributed by atoms with Crippen molar-refractivity contribution >= 4 is 116 Å². The molecule has 0 aromatic heterocycles. The lowest BCUT2D eigenvalue weighted by molar-refractivity contribution is 0.562. The zero-order valence-corrected chi connectivity index (χ0v) is 27.4. The zero-order valence-electron chi connectivity index (χ0n) is 16.3.